The van der Waals surface area contributed by atoms with Gasteiger partial charge in [0.1, 0.15) is 5.69 Å². The molecule has 4 heterocycles. The summed E-state index contributed by atoms with van der Waals surface area (Å²) in [7, 11) is -3.67. The molecule has 214 valence electrons. The van der Waals surface area contributed by atoms with E-state index in [1.807, 2.05) is 11.8 Å². The monoisotopic (exact) mass is 569 g/mol. The van der Waals surface area contributed by atoms with E-state index in [1.165, 1.54) is 12.8 Å². The summed E-state index contributed by atoms with van der Waals surface area (Å²) < 4.78 is 33.4. The SMILES string of the molecule is Cc1cc(-c2nnc(-c3ccc(NS(=O)(=O)CCO)cc3N3CCC4(CC3)CC4)o2)nc(N2CCC[C@H](O)C2)n1. The van der Waals surface area contributed by atoms with Crippen LogP contribution in [-0.2, 0) is 10.0 Å². The van der Waals surface area contributed by atoms with E-state index in [1.54, 1.807) is 24.3 Å². The van der Waals surface area contributed by atoms with Gasteiger partial charge in [0.2, 0.25) is 21.9 Å². The smallest absolute Gasteiger partial charge is 0.266 e. The number of rotatable bonds is 8. The fourth-order valence-electron chi connectivity index (χ4n) is 5.66. The molecule has 6 rings (SSSR count). The predicted molar refractivity (Wildman–Crippen MR) is 151 cm³/mol. The quantitative estimate of drug-likeness (QED) is 0.366. The second-order valence-electron chi connectivity index (χ2n) is 11.2. The first-order valence-electron chi connectivity index (χ1n) is 13.9. The Kier molecular flexibility index (Phi) is 7.13. The highest BCUT2D eigenvalue weighted by Gasteiger charge is 2.44. The molecule has 13 heteroatoms. The third-order valence-corrected chi connectivity index (χ3v) is 9.42. The summed E-state index contributed by atoms with van der Waals surface area (Å²) in [5, 5.41) is 27.9. The molecule has 12 nitrogen and oxygen atoms in total. The van der Waals surface area contributed by atoms with Gasteiger partial charge in [-0.1, -0.05) is 0 Å². The summed E-state index contributed by atoms with van der Waals surface area (Å²) >= 11 is 0. The van der Waals surface area contributed by atoms with Crippen molar-refractivity contribution in [1.82, 2.24) is 20.2 Å². The molecule has 3 fully saturated rings. The summed E-state index contributed by atoms with van der Waals surface area (Å²) in [5.74, 6) is 0.720. The summed E-state index contributed by atoms with van der Waals surface area (Å²) in [6.07, 6.45) is 5.97. The minimum Gasteiger partial charge on any atom is -0.415 e. The van der Waals surface area contributed by atoms with Gasteiger partial charge < -0.3 is 24.4 Å². The molecule has 1 aromatic carbocycles. The van der Waals surface area contributed by atoms with Crippen LogP contribution in [-0.4, -0.2) is 83.4 Å². The first-order chi connectivity index (χ1) is 19.2. The lowest BCUT2D eigenvalue weighted by Crippen LogP contribution is -2.39. The van der Waals surface area contributed by atoms with Gasteiger partial charge in [-0.2, -0.15) is 0 Å². The lowest BCUT2D eigenvalue weighted by molar-refractivity contribution is 0.153. The van der Waals surface area contributed by atoms with Crippen molar-refractivity contribution in [2.45, 2.75) is 51.6 Å². The maximum atomic E-state index is 12.3. The van der Waals surface area contributed by atoms with Crippen LogP contribution in [0.5, 0.6) is 0 Å². The van der Waals surface area contributed by atoms with Gasteiger partial charge in [0, 0.05) is 31.9 Å². The summed E-state index contributed by atoms with van der Waals surface area (Å²) in [4.78, 5) is 13.5. The van der Waals surface area contributed by atoms with Crippen molar-refractivity contribution in [3.8, 4) is 23.0 Å². The van der Waals surface area contributed by atoms with Gasteiger partial charge in [0.05, 0.1) is 35.4 Å². The maximum Gasteiger partial charge on any atom is 0.266 e. The summed E-state index contributed by atoms with van der Waals surface area (Å²) in [6.45, 7) is 4.39. The molecule has 40 heavy (non-hydrogen) atoms. The van der Waals surface area contributed by atoms with E-state index in [4.69, 9.17) is 9.52 Å². The zero-order valence-electron chi connectivity index (χ0n) is 22.6. The van der Waals surface area contributed by atoms with E-state index in [0.717, 1.165) is 56.7 Å². The molecule has 3 aliphatic rings. The number of hydrogen-bond acceptors (Lipinski definition) is 11. The number of nitrogens with zero attached hydrogens (tertiary/aromatic N) is 6. The number of sulfonamides is 1. The van der Waals surface area contributed by atoms with Crippen molar-refractivity contribution in [3.63, 3.8) is 0 Å². The molecule has 1 aliphatic carbocycles. The summed E-state index contributed by atoms with van der Waals surface area (Å²) in [5.41, 5.74) is 3.67. The van der Waals surface area contributed by atoms with Crippen LogP contribution in [0.25, 0.3) is 23.0 Å². The van der Waals surface area contributed by atoms with Gasteiger partial charge in [-0.3, -0.25) is 4.72 Å². The maximum absolute atomic E-state index is 12.3. The number of aliphatic hydroxyl groups is 2. The number of nitrogens with one attached hydrogen (secondary N) is 1. The van der Waals surface area contributed by atoms with E-state index in [2.05, 4.69) is 29.8 Å². The average molecular weight is 570 g/mol. The number of benzene rings is 1. The fourth-order valence-corrected chi connectivity index (χ4v) is 6.49. The minimum atomic E-state index is -3.67. The number of β-amino-alcohol motifs (C(OH)–C–C–N with tert-alkyl or cyclic N) is 1. The molecule has 3 N–H and O–H groups in total. The Balaban J connectivity index is 1.32. The van der Waals surface area contributed by atoms with E-state index >= 15 is 0 Å². The first kappa shape index (κ1) is 26.9. The largest absolute Gasteiger partial charge is 0.415 e. The van der Waals surface area contributed by atoms with Crippen LogP contribution in [0.3, 0.4) is 0 Å². The third-order valence-electron chi connectivity index (χ3n) is 8.15. The minimum absolute atomic E-state index is 0.258. The van der Waals surface area contributed by atoms with Crippen LogP contribution in [0.1, 0.15) is 44.2 Å². The topological polar surface area (TPSA) is 158 Å². The number of aliphatic hydroxyl groups excluding tert-OH is 2. The number of aromatic nitrogens is 4. The van der Waals surface area contributed by atoms with Gasteiger partial charge in [-0.15, -0.1) is 10.2 Å². The van der Waals surface area contributed by atoms with Crippen molar-refractivity contribution in [1.29, 1.82) is 0 Å². The van der Waals surface area contributed by atoms with Crippen LogP contribution >= 0.6 is 0 Å². The molecule has 1 saturated carbocycles. The molecule has 2 saturated heterocycles. The fraction of sp³-hybridized carbons (Fsp3) is 0.556. The summed E-state index contributed by atoms with van der Waals surface area (Å²) in [6, 6.07) is 7.05. The van der Waals surface area contributed by atoms with Gasteiger partial charge in [0.15, 0.2) is 0 Å². The number of aryl methyl sites for hydroxylation is 1. The Morgan fingerprint density at radius 3 is 2.55 bits per heavy atom. The molecule has 1 spiro atoms. The van der Waals surface area contributed by atoms with Gasteiger partial charge in [-0.05, 0) is 75.1 Å². The predicted octanol–water partition coefficient (Wildman–Crippen LogP) is 2.58. The zero-order chi connectivity index (χ0) is 27.9. The second kappa shape index (κ2) is 10.6. The molecule has 2 aromatic heterocycles. The van der Waals surface area contributed by atoms with Crippen LogP contribution in [0, 0.1) is 12.3 Å². The number of hydrogen-bond donors (Lipinski definition) is 3. The molecule has 0 bridgehead atoms. The molecule has 2 aliphatic heterocycles. The second-order valence-corrected chi connectivity index (χ2v) is 13.1. The molecule has 3 aromatic rings. The van der Waals surface area contributed by atoms with Crippen LogP contribution in [0.15, 0.2) is 28.7 Å². The van der Waals surface area contributed by atoms with Crippen molar-refractivity contribution in [3.05, 3.63) is 30.0 Å². The molecular formula is C27H35N7O5S. The molecule has 0 radical (unpaired) electrons. The average Bonchev–Trinajstić information content (AvgIpc) is 3.48. The van der Waals surface area contributed by atoms with Gasteiger partial charge in [0.25, 0.3) is 5.89 Å². The van der Waals surface area contributed by atoms with Crippen molar-refractivity contribution < 1.29 is 23.0 Å². The molecule has 0 amide bonds. The van der Waals surface area contributed by atoms with E-state index in [-0.39, 0.29) is 11.6 Å². The number of piperidine rings is 2. The first-order valence-corrected chi connectivity index (χ1v) is 15.5. The van der Waals surface area contributed by atoms with Gasteiger partial charge >= 0.3 is 0 Å². The lowest BCUT2D eigenvalue weighted by atomic mass is 9.93. The Morgan fingerprint density at radius 2 is 1.82 bits per heavy atom. The van der Waals surface area contributed by atoms with E-state index < -0.39 is 22.7 Å². The highest BCUT2D eigenvalue weighted by molar-refractivity contribution is 7.92. The van der Waals surface area contributed by atoms with Crippen molar-refractivity contribution in [2.75, 3.05) is 53.1 Å². The Bertz CT molecular complexity index is 1480. The normalized spacial score (nSPS) is 20.6. The molecule has 1 atom stereocenters. The van der Waals surface area contributed by atoms with Crippen molar-refractivity contribution >= 4 is 27.3 Å². The Hall–Kier alpha value is -3.29. The molecular weight excluding hydrogens is 534 g/mol. The third kappa shape index (κ3) is 5.77. The van der Waals surface area contributed by atoms with Gasteiger partial charge in [-0.25, -0.2) is 18.4 Å². The van der Waals surface area contributed by atoms with E-state index in [9.17, 15) is 13.5 Å². The lowest BCUT2D eigenvalue weighted by Gasteiger charge is -2.35. The highest BCUT2D eigenvalue weighted by atomic mass is 32.2. The zero-order valence-corrected chi connectivity index (χ0v) is 23.4. The van der Waals surface area contributed by atoms with E-state index in [0.29, 0.717) is 40.7 Å². The Labute approximate surface area is 233 Å². The standard InChI is InChI=1S/C27H35N7O5S/c1-18-15-22(29-26(28-18)34-10-2-3-20(36)17-34)25-31-30-24(39-25)21-5-4-19(32-40(37,38)14-13-35)16-23(21)33-11-8-27(6-7-27)9-12-33/h4-5,15-16,20,32,35-36H,2-3,6-14,17H2,1H3/t20-/m0/s1. The number of anilines is 3. The Morgan fingerprint density at radius 1 is 1.05 bits per heavy atom. The van der Waals surface area contributed by atoms with Crippen LogP contribution in [0.2, 0.25) is 0 Å². The van der Waals surface area contributed by atoms with Crippen LogP contribution < -0.4 is 14.5 Å². The highest BCUT2D eigenvalue weighted by Crippen LogP contribution is 2.54. The molecule has 0 unspecified atom stereocenters. The van der Waals surface area contributed by atoms with Crippen LogP contribution in [0.4, 0.5) is 17.3 Å². The van der Waals surface area contributed by atoms with Crippen molar-refractivity contribution in [2.24, 2.45) is 5.41 Å².